The molecule has 0 saturated heterocycles. The van der Waals surface area contributed by atoms with Gasteiger partial charge in [0.05, 0.1) is 0 Å². The number of ether oxygens (including phenoxy) is 1. The molecule has 0 unspecified atom stereocenters. The lowest BCUT2D eigenvalue weighted by Crippen LogP contribution is -2.40. The van der Waals surface area contributed by atoms with E-state index in [9.17, 15) is 14.4 Å². The number of aryl methyl sites for hydroxylation is 1. The number of carbonyl (C=O) groups is 2. The molecule has 1 heterocycles. The number of pyridine rings is 1. The number of rotatable bonds is 10. The zero-order valence-corrected chi connectivity index (χ0v) is 18.4. The number of anilines is 1. The molecule has 0 fully saturated rings. The van der Waals surface area contributed by atoms with Gasteiger partial charge in [-0.15, -0.1) is 0 Å². The molecule has 8 nitrogen and oxygen atoms in total. The Balaban J connectivity index is 1.70. The highest BCUT2D eigenvalue weighted by molar-refractivity contribution is 5.67. The van der Waals surface area contributed by atoms with Gasteiger partial charge in [0.15, 0.2) is 0 Å². The van der Waals surface area contributed by atoms with E-state index in [1.54, 1.807) is 19.1 Å². The van der Waals surface area contributed by atoms with Gasteiger partial charge < -0.3 is 20.5 Å². The van der Waals surface area contributed by atoms with Gasteiger partial charge in [-0.1, -0.05) is 60.7 Å². The molecule has 0 spiro atoms. The van der Waals surface area contributed by atoms with Crippen molar-refractivity contribution in [1.29, 1.82) is 0 Å². The molecule has 0 aliphatic carbocycles. The van der Waals surface area contributed by atoms with E-state index in [1.807, 2.05) is 60.7 Å². The van der Waals surface area contributed by atoms with Crippen LogP contribution in [-0.4, -0.2) is 34.3 Å². The maximum atomic E-state index is 12.8. The van der Waals surface area contributed by atoms with E-state index in [0.29, 0.717) is 12.1 Å². The topological polar surface area (TPSA) is 110 Å². The number of carboxylic acids is 1. The number of hydrogen-bond donors (Lipinski definition) is 3. The molecule has 0 radical (unpaired) electrons. The molecule has 3 aromatic rings. The normalized spacial score (nSPS) is 11.4. The van der Waals surface area contributed by atoms with E-state index >= 15 is 0 Å². The number of benzene rings is 2. The van der Waals surface area contributed by atoms with Crippen molar-refractivity contribution in [3.63, 3.8) is 0 Å². The molecule has 1 amide bonds. The molecule has 0 bridgehead atoms. The number of nitrogens with zero attached hydrogens (tertiary/aromatic N) is 1. The molecule has 33 heavy (non-hydrogen) atoms. The lowest BCUT2D eigenvalue weighted by Gasteiger charge is -2.21. The average molecular weight is 450 g/mol. The average Bonchev–Trinajstić information content (AvgIpc) is 2.81. The van der Waals surface area contributed by atoms with E-state index in [2.05, 4.69) is 10.6 Å². The first-order valence-electron chi connectivity index (χ1n) is 10.6. The smallest absolute Gasteiger partial charge is 0.407 e. The van der Waals surface area contributed by atoms with Gasteiger partial charge in [0, 0.05) is 18.3 Å². The Hall–Kier alpha value is -4.07. The Labute approximate surface area is 191 Å². The van der Waals surface area contributed by atoms with E-state index in [0.717, 1.165) is 11.1 Å². The maximum Gasteiger partial charge on any atom is 0.407 e. The third kappa shape index (κ3) is 7.24. The molecule has 0 aliphatic heterocycles. The van der Waals surface area contributed by atoms with Crippen LogP contribution in [0.1, 0.15) is 16.8 Å². The van der Waals surface area contributed by atoms with Crippen LogP contribution in [0.2, 0.25) is 0 Å². The number of aliphatic carboxylic acids is 1. The summed E-state index contributed by atoms with van der Waals surface area (Å²) in [5.41, 5.74) is 2.29. The molecular weight excluding hydrogens is 422 g/mol. The minimum Gasteiger partial charge on any atom is -0.480 e. The number of amides is 1. The van der Waals surface area contributed by atoms with E-state index in [1.165, 1.54) is 4.57 Å². The second-order valence-corrected chi connectivity index (χ2v) is 7.65. The van der Waals surface area contributed by atoms with Crippen molar-refractivity contribution in [2.75, 3.05) is 11.9 Å². The van der Waals surface area contributed by atoms with Gasteiger partial charge >= 0.3 is 12.1 Å². The first kappa shape index (κ1) is 23.6. The second kappa shape index (κ2) is 11.5. The van der Waals surface area contributed by atoms with Crippen molar-refractivity contribution in [3.05, 3.63) is 100.0 Å². The minimum atomic E-state index is -1.10. The molecule has 1 aromatic heterocycles. The van der Waals surface area contributed by atoms with Crippen LogP contribution >= 0.6 is 0 Å². The molecule has 0 saturated carbocycles. The second-order valence-electron chi connectivity index (χ2n) is 7.65. The van der Waals surface area contributed by atoms with Crippen molar-refractivity contribution in [3.8, 4) is 0 Å². The van der Waals surface area contributed by atoms with Crippen molar-refractivity contribution in [1.82, 2.24) is 9.88 Å². The van der Waals surface area contributed by atoms with Crippen LogP contribution in [0, 0.1) is 6.92 Å². The largest absolute Gasteiger partial charge is 0.480 e. The highest BCUT2D eigenvalue weighted by Crippen LogP contribution is 2.10. The summed E-state index contributed by atoms with van der Waals surface area (Å²) < 4.78 is 6.47. The van der Waals surface area contributed by atoms with E-state index in [4.69, 9.17) is 9.84 Å². The third-order valence-electron chi connectivity index (χ3n) is 5.08. The molecule has 172 valence electrons. The van der Waals surface area contributed by atoms with Crippen molar-refractivity contribution < 1.29 is 19.4 Å². The Morgan fingerprint density at radius 3 is 2.24 bits per heavy atom. The van der Waals surface area contributed by atoms with Crippen LogP contribution < -0.4 is 16.2 Å². The molecule has 3 rings (SSSR count). The van der Waals surface area contributed by atoms with Crippen LogP contribution in [0.4, 0.5) is 10.5 Å². The quantitative estimate of drug-likeness (QED) is 0.439. The van der Waals surface area contributed by atoms with Crippen LogP contribution in [0.3, 0.4) is 0 Å². The lowest BCUT2D eigenvalue weighted by atomic mass is 10.1. The zero-order chi connectivity index (χ0) is 23.6. The number of alkyl carbamates (subject to hydrolysis) is 1. The summed E-state index contributed by atoms with van der Waals surface area (Å²) in [5, 5.41) is 15.0. The first-order valence-corrected chi connectivity index (χ1v) is 10.6. The zero-order valence-electron chi connectivity index (χ0n) is 18.4. The van der Waals surface area contributed by atoms with Crippen LogP contribution in [0.25, 0.3) is 0 Å². The molecule has 0 aliphatic rings. The minimum absolute atomic E-state index is 0.154. The van der Waals surface area contributed by atoms with Crippen molar-refractivity contribution >= 4 is 17.7 Å². The number of aromatic nitrogens is 1. The predicted molar refractivity (Wildman–Crippen MR) is 125 cm³/mol. The summed E-state index contributed by atoms with van der Waals surface area (Å²) in [7, 11) is 0. The summed E-state index contributed by atoms with van der Waals surface area (Å²) in [6.07, 6.45) is -0.0302. The summed E-state index contributed by atoms with van der Waals surface area (Å²) in [4.78, 5) is 36.2. The van der Waals surface area contributed by atoms with Gasteiger partial charge in [0.2, 0.25) is 0 Å². The Morgan fingerprint density at radius 2 is 1.61 bits per heavy atom. The summed E-state index contributed by atoms with van der Waals surface area (Å²) in [5.74, 6) is -1.10. The van der Waals surface area contributed by atoms with Gasteiger partial charge in [0.25, 0.3) is 5.56 Å². The lowest BCUT2D eigenvalue weighted by molar-refractivity contribution is -0.137. The van der Waals surface area contributed by atoms with Crippen LogP contribution in [-0.2, 0) is 29.1 Å². The standard InChI is InChI=1S/C25H27N3O5/c1-18-12-13-22(24(31)28(18)16-23(29)30)27-21(14-19-8-4-2-5-9-19)15-26-25(32)33-17-20-10-6-3-7-11-20/h2-13,21,27H,14-17H2,1H3,(H,26,32)(H,29,30)/t21-/m1/s1. The molecule has 8 heteroatoms. The van der Waals surface area contributed by atoms with Gasteiger partial charge in [0.1, 0.15) is 18.8 Å². The molecule has 2 aromatic carbocycles. The SMILES string of the molecule is Cc1ccc(N[C@@H](CNC(=O)OCc2ccccc2)Cc2ccccc2)c(=O)n1CC(=O)O. The predicted octanol–water partition coefficient (Wildman–Crippen LogP) is 3.19. The van der Waals surface area contributed by atoms with Crippen molar-refractivity contribution in [2.45, 2.75) is 32.5 Å². The molecule has 3 N–H and O–H groups in total. The number of nitrogens with one attached hydrogen (secondary N) is 2. The number of carboxylic acid groups (broad SMARTS) is 1. The fourth-order valence-electron chi connectivity index (χ4n) is 3.39. The Morgan fingerprint density at radius 1 is 0.970 bits per heavy atom. The Bertz CT molecular complexity index is 1130. The molecule has 1 atom stereocenters. The maximum absolute atomic E-state index is 12.8. The monoisotopic (exact) mass is 449 g/mol. The Kier molecular flexibility index (Phi) is 8.24. The summed E-state index contributed by atoms with van der Waals surface area (Å²) in [6.45, 7) is 1.61. The fraction of sp³-hybridized carbons (Fsp3) is 0.240. The summed E-state index contributed by atoms with van der Waals surface area (Å²) in [6, 6.07) is 22.0. The highest BCUT2D eigenvalue weighted by Gasteiger charge is 2.16. The summed E-state index contributed by atoms with van der Waals surface area (Å²) >= 11 is 0. The fourth-order valence-corrected chi connectivity index (χ4v) is 3.39. The molecular formula is C25H27N3O5. The van der Waals surface area contributed by atoms with Gasteiger partial charge in [-0.3, -0.25) is 14.2 Å². The number of hydrogen-bond acceptors (Lipinski definition) is 5. The highest BCUT2D eigenvalue weighted by atomic mass is 16.5. The van der Waals surface area contributed by atoms with Gasteiger partial charge in [-0.2, -0.15) is 0 Å². The van der Waals surface area contributed by atoms with Crippen molar-refractivity contribution in [2.24, 2.45) is 0 Å². The number of carbonyl (C=O) groups excluding carboxylic acids is 1. The third-order valence-corrected chi connectivity index (χ3v) is 5.08. The van der Waals surface area contributed by atoms with Gasteiger partial charge in [-0.05, 0) is 36.6 Å². The van der Waals surface area contributed by atoms with E-state index in [-0.39, 0.29) is 24.9 Å². The van der Waals surface area contributed by atoms with Crippen LogP contribution in [0.5, 0.6) is 0 Å². The van der Waals surface area contributed by atoms with Gasteiger partial charge in [-0.25, -0.2) is 4.79 Å². The first-order chi connectivity index (χ1) is 15.9. The van der Waals surface area contributed by atoms with E-state index < -0.39 is 24.2 Å². The van der Waals surface area contributed by atoms with Crippen LogP contribution in [0.15, 0.2) is 77.6 Å².